The lowest BCUT2D eigenvalue weighted by Crippen LogP contribution is -2.45. The third-order valence-electron chi connectivity index (χ3n) is 4.55. The van der Waals surface area contributed by atoms with Crippen LogP contribution < -0.4 is 9.47 Å². The summed E-state index contributed by atoms with van der Waals surface area (Å²) in [7, 11) is 1.53. The van der Waals surface area contributed by atoms with Crippen molar-refractivity contribution >= 4 is 17.7 Å². The first kappa shape index (κ1) is 17.3. The number of amides is 1. The van der Waals surface area contributed by atoms with E-state index in [1.165, 1.54) is 32.8 Å². The van der Waals surface area contributed by atoms with Crippen molar-refractivity contribution in [1.82, 2.24) is 14.9 Å². The molecule has 1 aromatic heterocycles. The summed E-state index contributed by atoms with van der Waals surface area (Å²) < 4.78 is 10.9. The molecule has 0 bridgehead atoms. The molecule has 1 atom stereocenters. The van der Waals surface area contributed by atoms with Gasteiger partial charge in [0, 0.05) is 24.1 Å². The van der Waals surface area contributed by atoms with Crippen molar-refractivity contribution < 1.29 is 14.3 Å². The fourth-order valence-corrected chi connectivity index (χ4v) is 4.48. The Bertz CT molecular complexity index is 552. The summed E-state index contributed by atoms with van der Waals surface area (Å²) in [6.45, 7) is 1.47. The average molecular weight is 351 g/mol. The summed E-state index contributed by atoms with van der Waals surface area (Å²) in [6.07, 6.45) is 8.66. The van der Waals surface area contributed by atoms with Crippen molar-refractivity contribution in [2.75, 3.05) is 26.0 Å². The van der Waals surface area contributed by atoms with Gasteiger partial charge in [-0.1, -0.05) is 12.8 Å². The summed E-state index contributed by atoms with van der Waals surface area (Å²) in [6, 6.07) is 2.02. The minimum absolute atomic E-state index is 0.0150. The van der Waals surface area contributed by atoms with Crippen LogP contribution in [0.15, 0.2) is 12.3 Å². The van der Waals surface area contributed by atoms with E-state index in [0.717, 1.165) is 19.4 Å². The predicted molar refractivity (Wildman–Crippen MR) is 93.5 cm³/mol. The number of hydrogen-bond acceptors (Lipinski definition) is 6. The molecule has 2 aliphatic rings. The second-order valence-electron chi connectivity index (χ2n) is 6.32. The lowest BCUT2D eigenvalue weighted by molar-refractivity contribution is -0.131. The van der Waals surface area contributed by atoms with Crippen molar-refractivity contribution in [1.29, 1.82) is 0 Å². The van der Waals surface area contributed by atoms with Gasteiger partial charge in [-0.15, -0.1) is 11.8 Å². The summed E-state index contributed by atoms with van der Waals surface area (Å²) in [4.78, 5) is 22.6. The van der Waals surface area contributed by atoms with Crippen LogP contribution in [0.5, 0.6) is 11.9 Å². The molecule has 0 aromatic carbocycles. The molecular formula is C17H25N3O3S. The Kier molecular flexibility index (Phi) is 6.18. The van der Waals surface area contributed by atoms with Crippen molar-refractivity contribution in [2.24, 2.45) is 0 Å². The molecule has 0 spiro atoms. The Morgan fingerprint density at radius 2 is 2.17 bits per heavy atom. The minimum Gasteiger partial charge on any atom is -0.472 e. The Morgan fingerprint density at radius 3 is 2.96 bits per heavy atom. The van der Waals surface area contributed by atoms with Gasteiger partial charge in [0.05, 0.1) is 19.4 Å². The van der Waals surface area contributed by atoms with Crippen LogP contribution in [0.4, 0.5) is 0 Å². The molecule has 0 N–H and O–H groups in total. The molecule has 2 fully saturated rings. The second-order valence-corrected chi connectivity index (χ2v) is 7.61. The molecule has 6 nitrogen and oxygen atoms in total. The van der Waals surface area contributed by atoms with Crippen LogP contribution in [0.1, 0.15) is 38.5 Å². The highest BCUT2D eigenvalue weighted by atomic mass is 32.2. The molecule has 24 heavy (non-hydrogen) atoms. The Hall–Kier alpha value is -1.50. The molecule has 1 saturated heterocycles. The lowest BCUT2D eigenvalue weighted by Gasteiger charge is -2.32. The number of carbonyl (C=O) groups is 1. The van der Waals surface area contributed by atoms with Crippen molar-refractivity contribution in [2.45, 2.75) is 49.9 Å². The van der Waals surface area contributed by atoms with Gasteiger partial charge in [-0.25, -0.2) is 4.98 Å². The van der Waals surface area contributed by atoms with E-state index in [2.05, 4.69) is 9.97 Å². The van der Waals surface area contributed by atoms with Crippen LogP contribution in [-0.4, -0.2) is 58.1 Å². The number of piperidine rings is 1. The fraction of sp³-hybridized carbons (Fsp3) is 0.706. The number of rotatable bonds is 6. The average Bonchev–Trinajstić information content (AvgIpc) is 3.13. The first-order chi connectivity index (χ1) is 11.7. The highest BCUT2D eigenvalue weighted by Gasteiger charge is 2.26. The van der Waals surface area contributed by atoms with Crippen LogP contribution in [0.3, 0.4) is 0 Å². The van der Waals surface area contributed by atoms with E-state index in [4.69, 9.17) is 9.47 Å². The topological polar surface area (TPSA) is 64.6 Å². The number of likely N-dealkylation sites (tertiary alicyclic amines) is 1. The Balaban J connectivity index is 1.48. The maximum absolute atomic E-state index is 12.5. The van der Waals surface area contributed by atoms with E-state index in [1.54, 1.807) is 12.3 Å². The predicted octanol–water partition coefficient (Wildman–Crippen LogP) is 2.53. The van der Waals surface area contributed by atoms with Gasteiger partial charge in [-0.05, 0) is 25.7 Å². The monoisotopic (exact) mass is 351 g/mol. The van der Waals surface area contributed by atoms with Gasteiger partial charge in [0.2, 0.25) is 11.8 Å². The van der Waals surface area contributed by atoms with E-state index >= 15 is 0 Å². The van der Waals surface area contributed by atoms with Crippen molar-refractivity contribution in [3.05, 3.63) is 12.3 Å². The number of hydrogen-bond donors (Lipinski definition) is 0. The molecule has 1 aromatic rings. The SMILES string of the molecule is COc1nccc(OC2CCCN(C(=O)CSC3CCCC3)C2)n1. The lowest BCUT2D eigenvalue weighted by atomic mass is 10.1. The number of aromatic nitrogens is 2. The van der Waals surface area contributed by atoms with Crippen LogP contribution in [0.2, 0.25) is 0 Å². The molecular weight excluding hydrogens is 326 g/mol. The zero-order valence-corrected chi connectivity index (χ0v) is 15.0. The molecule has 0 radical (unpaired) electrons. The van der Waals surface area contributed by atoms with Crippen LogP contribution in [0, 0.1) is 0 Å². The normalized spacial score (nSPS) is 21.7. The zero-order valence-electron chi connectivity index (χ0n) is 14.1. The van der Waals surface area contributed by atoms with Crippen LogP contribution in [-0.2, 0) is 4.79 Å². The van der Waals surface area contributed by atoms with Gasteiger partial charge in [0.15, 0.2) is 0 Å². The minimum atomic E-state index is -0.0150. The molecule has 3 rings (SSSR count). The van der Waals surface area contributed by atoms with Crippen LogP contribution in [0.25, 0.3) is 0 Å². The van der Waals surface area contributed by atoms with Gasteiger partial charge in [0.1, 0.15) is 6.10 Å². The second kappa shape index (κ2) is 8.55. The van der Waals surface area contributed by atoms with Gasteiger partial charge < -0.3 is 14.4 Å². The van der Waals surface area contributed by atoms with E-state index in [-0.39, 0.29) is 12.0 Å². The van der Waals surface area contributed by atoms with Crippen LogP contribution >= 0.6 is 11.8 Å². The molecule has 1 aliphatic carbocycles. The first-order valence-electron chi connectivity index (χ1n) is 8.67. The number of thioether (sulfide) groups is 1. The Labute approximate surface area is 147 Å². The number of ether oxygens (including phenoxy) is 2. The first-order valence-corrected chi connectivity index (χ1v) is 9.72. The van der Waals surface area contributed by atoms with E-state index in [9.17, 15) is 4.79 Å². The van der Waals surface area contributed by atoms with Crippen molar-refractivity contribution in [3.8, 4) is 11.9 Å². The third kappa shape index (κ3) is 4.75. The number of carbonyl (C=O) groups excluding carboxylic acids is 1. The molecule has 2 heterocycles. The summed E-state index contributed by atoms with van der Waals surface area (Å²) in [5.41, 5.74) is 0. The van der Waals surface area contributed by atoms with Gasteiger partial charge >= 0.3 is 6.01 Å². The number of methoxy groups -OCH3 is 1. The fourth-order valence-electron chi connectivity index (χ4n) is 3.26. The van der Waals surface area contributed by atoms with Gasteiger partial charge in [-0.2, -0.15) is 4.98 Å². The summed E-state index contributed by atoms with van der Waals surface area (Å²) in [5, 5.41) is 0.680. The highest BCUT2D eigenvalue weighted by Crippen LogP contribution is 2.29. The largest absolute Gasteiger partial charge is 0.472 e. The van der Waals surface area contributed by atoms with E-state index < -0.39 is 0 Å². The molecule has 1 amide bonds. The van der Waals surface area contributed by atoms with E-state index in [0.29, 0.717) is 29.4 Å². The maximum Gasteiger partial charge on any atom is 0.319 e. The molecule has 7 heteroatoms. The standard InChI is InChI=1S/C17H25N3O3S/c1-22-17-18-9-8-15(19-17)23-13-5-4-10-20(11-13)16(21)12-24-14-6-2-3-7-14/h8-9,13-14H,2-7,10-12H2,1H3. The zero-order chi connectivity index (χ0) is 16.8. The smallest absolute Gasteiger partial charge is 0.319 e. The molecule has 1 aliphatic heterocycles. The highest BCUT2D eigenvalue weighted by molar-refractivity contribution is 8.00. The maximum atomic E-state index is 12.5. The number of nitrogens with zero attached hydrogens (tertiary/aromatic N) is 3. The van der Waals surface area contributed by atoms with Crippen molar-refractivity contribution in [3.63, 3.8) is 0 Å². The molecule has 132 valence electrons. The summed E-state index contributed by atoms with van der Waals surface area (Å²) >= 11 is 1.83. The summed E-state index contributed by atoms with van der Waals surface area (Å²) in [5.74, 6) is 1.33. The third-order valence-corrected chi connectivity index (χ3v) is 5.91. The van der Waals surface area contributed by atoms with E-state index in [1.807, 2.05) is 16.7 Å². The Morgan fingerprint density at radius 1 is 1.33 bits per heavy atom. The molecule has 1 saturated carbocycles. The quantitative estimate of drug-likeness (QED) is 0.785. The van der Waals surface area contributed by atoms with Gasteiger partial charge in [0.25, 0.3) is 0 Å². The molecule has 1 unspecified atom stereocenters. The van der Waals surface area contributed by atoms with Gasteiger partial charge in [-0.3, -0.25) is 4.79 Å².